The van der Waals surface area contributed by atoms with Crippen molar-refractivity contribution in [2.24, 2.45) is 5.73 Å². The van der Waals surface area contributed by atoms with Crippen molar-refractivity contribution in [2.45, 2.75) is 12.5 Å². The second kappa shape index (κ2) is 3.98. The molecule has 2 rings (SSSR count). The Kier molecular flexibility index (Phi) is 2.68. The van der Waals surface area contributed by atoms with Crippen LogP contribution in [-0.2, 0) is 6.42 Å². The van der Waals surface area contributed by atoms with Crippen molar-refractivity contribution in [1.82, 2.24) is 0 Å². The minimum absolute atomic E-state index is 0.161. The van der Waals surface area contributed by atoms with Crippen molar-refractivity contribution >= 4 is 5.69 Å². The van der Waals surface area contributed by atoms with Gasteiger partial charge in [-0.1, -0.05) is 0 Å². The van der Waals surface area contributed by atoms with Crippen molar-refractivity contribution in [2.75, 3.05) is 26.1 Å². The molecular weight excluding hydrogens is 192 g/mol. The first-order chi connectivity index (χ1) is 7.24. The lowest BCUT2D eigenvalue weighted by Gasteiger charge is -2.25. The van der Waals surface area contributed by atoms with Crippen LogP contribution in [-0.4, -0.2) is 26.8 Å². The van der Waals surface area contributed by atoms with Crippen molar-refractivity contribution in [3.8, 4) is 11.5 Å². The van der Waals surface area contributed by atoms with E-state index < -0.39 is 0 Å². The van der Waals surface area contributed by atoms with E-state index >= 15 is 0 Å². The molecule has 0 radical (unpaired) electrons. The SMILES string of the molecule is COc1cc2c(c(OC)c1)NCC(N)C2. The predicted octanol–water partition coefficient (Wildman–Crippen LogP) is 0.999. The van der Waals surface area contributed by atoms with Crippen LogP contribution in [0.1, 0.15) is 5.56 Å². The van der Waals surface area contributed by atoms with Gasteiger partial charge in [-0.15, -0.1) is 0 Å². The highest BCUT2D eigenvalue weighted by atomic mass is 16.5. The van der Waals surface area contributed by atoms with E-state index in [0.29, 0.717) is 0 Å². The molecule has 1 aromatic rings. The summed E-state index contributed by atoms with van der Waals surface area (Å²) in [6.07, 6.45) is 0.857. The maximum absolute atomic E-state index is 5.89. The minimum Gasteiger partial charge on any atom is -0.497 e. The van der Waals surface area contributed by atoms with Crippen LogP contribution in [0.2, 0.25) is 0 Å². The monoisotopic (exact) mass is 208 g/mol. The summed E-state index contributed by atoms with van der Waals surface area (Å²) in [5.74, 6) is 1.62. The highest BCUT2D eigenvalue weighted by Crippen LogP contribution is 2.35. The molecule has 1 aliphatic heterocycles. The molecule has 0 saturated carbocycles. The zero-order chi connectivity index (χ0) is 10.8. The third-order valence-electron chi connectivity index (χ3n) is 2.64. The zero-order valence-corrected chi connectivity index (χ0v) is 9.04. The molecule has 1 atom stereocenters. The van der Waals surface area contributed by atoms with Gasteiger partial charge in [-0.05, 0) is 18.1 Å². The van der Waals surface area contributed by atoms with Gasteiger partial charge >= 0.3 is 0 Å². The van der Waals surface area contributed by atoms with Crippen molar-refractivity contribution in [3.63, 3.8) is 0 Å². The Balaban J connectivity index is 2.44. The van der Waals surface area contributed by atoms with Gasteiger partial charge in [0.25, 0.3) is 0 Å². The van der Waals surface area contributed by atoms with E-state index in [4.69, 9.17) is 15.2 Å². The number of nitrogens with one attached hydrogen (secondary N) is 1. The van der Waals surface area contributed by atoms with E-state index in [-0.39, 0.29) is 6.04 Å². The summed E-state index contributed by atoms with van der Waals surface area (Å²) in [5.41, 5.74) is 8.09. The molecule has 0 spiro atoms. The first-order valence-electron chi connectivity index (χ1n) is 4.99. The lowest BCUT2D eigenvalue weighted by atomic mass is 9.99. The summed E-state index contributed by atoms with van der Waals surface area (Å²) in [4.78, 5) is 0. The van der Waals surface area contributed by atoms with Crippen LogP contribution in [0.4, 0.5) is 5.69 Å². The van der Waals surface area contributed by atoms with Crippen LogP contribution in [0.5, 0.6) is 11.5 Å². The molecule has 0 aromatic heterocycles. The topological polar surface area (TPSA) is 56.5 Å². The van der Waals surface area contributed by atoms with Gasteiger partial charge in [0, 0.05) is 18.7 Å². The lowest BCUT2D eigenvalue weighted by Crippen LogP contribution is -2.35. The molecular formula is C11H16N2O2. The van der Waals surface area contributed by atoms with Gasteiger partial charge in [0.2, 0.25) is 0 Å². The summed E-state index contributed by atoms with van der Waals surface area (Å²) >= 11 is 0. The summed E-state index contributed by atoms with van der Waals surface area (Å²) < 4.78 is 10.5. The molecule has 0 fully saturated rings. The highest BCUT2D eigenvalue weighted by molar-refractivity contribution is 5.66. The Morgan fingerprint density at radius 2 is 2.13 bits per heavy atom. The molecule has 1 unspecified atom stereocenters. The molecule has 0 bridgehead atoms. The van der Waals surface area contributed by atoms with Crippen molar-refractivity contribution in [3.05, 3.63) is 17.7 Å². The van der Waals surface area contributed by atoms with E-state index in [2.05, 4.69) is 5.32 Å². The Morgan fingerprint density at radius 3 is 2.80 bits per heavy atom. The summed E-state index contributed by atoms with van der Waals surface area (Å²) in [6.45, 7) is 0.787. The second-order valence-electron chi connectivity index (χ2n) is 3.71. The number of ether oxygens (including phenoxy) is 2. The number of rotatable bonds is 2. The van der Waals surface area contributed by atoms with Gasteiger partial charge < -0.3 is 20.5 Å². The first-order valence-corrected chi connectivity index (χ1v) is 4.99. The van der Waals surface area contributed by atoms with Gasteiger partial charge in [-0.2, -0.15) is 0 Å². The molecule has 0 saturated heterocycles. The quantitative estimate of drug-likeness (QED) is 0.761. The number of hydrogen-bond acceptors (Lipinski definition) is 4. The van der Waals surface area contributed by atoms with Crippen LogP contribution in [0.3, 0.4) is 0 Å². The van der Waals surface area contributed by atoms with Gasteiger partial charge in [0.1, 0.15) is 11.5 Å². The second-order valence-corrected chi connectivity index (χ2v) is 3.71. The number of fused-ring (bicyclic) bond motifs is 1. The van der Waals surface area contributed by atoms with Crippen LogP contribution < -0.4 is 20.5 Å². The fraction of sp³-hybridized carbons (Fsp3) is 0.455. The van der Waals surface area contributed by atoms with E-state index in [1.54, 1.807) is 14.2 Å². The third kappa shape index (κ3) is 1.85. The molecule has 4 nitrogen and oxygen atoms in total. The predicted molar refractivity (Wildman–Crippen MR) is 59.7 cm³/mol. The van der Waals surface area contributed by atoms with Gasteiger partial charge in [-0.3, -0.25) is 0 Å². The molecule has 1 aromatic carbocycles. The minimum atomic E-state index is 0.161. The number of hydrogen-bond donors (Lipinski definition) is 2. The highest BCUT2D eigenvalue weighted by Gasteiger charge is 2.19. The number of nitrogens with two attached hydrogens (primary N) is 1. The fourth-order valence-corrected chi connectivity index (χ4v) is 1.87. The largest absolute Gasteiger partial charge is 0.497 e. The average Bonchev–Trinajstić information content (AvgIpc) is 2.26. The molecule has 15 heavy (non-hydrogen) atoms. The summed E-state index contributed by atoms with van der Waals surface area (Å²) in [6, 6.07) is 4.04. The third-order valence-corrected chi connectivity index (χ3v) is 2.64. The van der Waals surface area contributed by atoms with E-state index in [9.17, 15) is 0 Å². The van der Waals surface area contributed by atoms with E-state index in [1.165, 1.54) is 0 Å². The van der Waals surface area contributed by atoms with Crippen LogP contribution in [0, 0.1) is 0 Å². The van der Waals surface area contributed by atoms with E-state index in [0.717, 1.165) is 35.7 Å². The smallest absolute Gasteiger partial charge is 0.145 e. The molecule has 1 heterocycles. The molecule has 3 N–H and O–H groups in total. The normalized spacial score (nSPS) is 19.0. The summed E-state index contributed by atoms with van der Waals surface area (Å²) in [5, 5.41) is 3.28. The average molecular weight is 208 g/mol. The maximum atomic E-state index is 5.89. The number of methoxy groups -OCH3 is 2. The number of anilines is 1. The fourth-order valence-electron chi connectivity index (χ4n) is 1.87. The Labute approximate surface area is 89.4 Å². The maximum Gasteiger partial charge on any atom is 0.145 e. The standard InChI is InChI=1S/C11H16N2O2/c1-14-9-4-7-3-8(12)6-13-11(7)10(5-9)15-2/h4-5,8,13H,3,6,12H2,1-2H3. The van der Waals surface area contributed by atoms with Gasteiger partial charge in [0.05, 0.1) is 19.9 Å². The lowest BCUT2D eigenvalue weighted by molar-refractivity contribution is 0.393. The van der Waals surface area contributed by atoms with Gasteiger partial charge in [-0.25, -0.2) is 0 Å². The molecule has 0 aliphatic carbocycles. The van der Waals surface area contributed by atoms with Crippen LogP contribution in [0.25, 0.3) is 0 Å². The van der Waals surface area contributed by atoms with Crippen molar-refractivity contribution < 1.29 is 9.47 Å². The van der Waals surface area contributed by atoms with Crippen LogP contribution >= 0.6 is 0 Å². The number of benzene rings is 1. The van der Waals surface area contributed by atoms with E-state index in [1.807, 2.05) is 12.1 Å². The van der Waals surface area contributed by atoms with Crippen molar-refractivity contribution in [1.29, 1.82) is 0 Å². The summed E-state index contributed by atoms with van der Waals surface area (Å²) in [7, 11) is 3.31. The molecule has 4 heteroatoms. The molecule has 1 aliphatic rings. The van der Waals surface area contributed by atoms with Crippen LogP contribution in [0.15, 0.2) is 12.1 Å². The first kappa shape index (κ1) is 10.1. The molecule has 82 valence electrons. The Hall–Kier alpha value is -1.42. The Bertz CT molecular complexity index is 366. The zero-order valence-electron chi connectivity index (χ0n) is 9.04. The molecule has 0 amide bonds. The van der Waals surface area contributed by atoms with Gasteiger partial charge in [0.15, 0.2) is 0 Å². The Morgan fingerprint density at radius 1 is 1.33 bits per heavy atom.